The summed E-state index contributed by atoms with van der Waals surface area (Å²) in [6.07, 6.45) is 5.34. The van der Waals surface area contributed by atoms with E-state index in [0.717, 1.165) is 53.7 Å². The molecule has 0 saturated heterocycles. The van der Waals surface area contributed by atoms with Crippen molar-refractivity contribution in [3.63, 3.8) is 0 Å². The van der Waals surface area contributed by atoms with Crippen LogP contribution in [0.4, 0.5) is 0 Å². The average molecular weight is 521 g/mol. The molecule has 1 N–H and O–H groups in total. The van der Waals surface area contributed by atoms with E-state index in [-0.39, 0.29) is 11.7 Å². The first-order valence-electron chi connectivity index (χ1n) is 13.7. The second-order valence-corrected chi connectivity index (χ2v) is 10.4. The number of phenols is 1. The van der Waals surface area contributed by atoms with Crippen LogP contribution in [-0.4, -0.2) is 11.1 Å². The van der Waals surface area contributed by atoms with Gasteiger partial charge >= 0.3 is 5.97 Å². The van der Waals surface area contributed by atoms with Crippen LogP contribution in [0, 0.1) is 6.92 Å². The van der Waals surface area contributed by atoms with Gasteiger partial charge < -0.3 is 19.3 Å². The second-order valence-electron chi connectivity index (χ2n) is 10.4. The van der Waals surface area contributed by atoms with E-state index in [0.29, 0.717) is 34.8 Å². The van der Waals surface area contributed by atoms with E-state index >= 15 is 0 Å². The quantitative estimate of drug-likeness (QED) is 0.189. The number of ether oxygens (including phenoxy) is 3. The molecule has 1 unspecified atom stereocenters. The summed E-state index contributed by atoms with van der Waals surface area (Å²) in [6, 6.07) is 25.1. The minimum absolute atomic E-state index is 0.123. The van der Waals surface area contributed by atoms with Gasteiger partial charge in [-0.1, -0.05) is 74.7 Å². The molecule has 39 heavy (non-hydrogen) atoms. The topological polar surface area (TPSA) is 65.0 Å². The number of esters is 1. The van der Waals surface area contributed by atoms with Gasteiger partial charge in [-0.3, -0.25) is 0 Å². The third-order valence-electron chi connectivity index (χ3n) is 7.75. The van der Waals surface area contributed by atoms with Crippen molar-refractivity contribution in [3.8, 4) is 23.0 Å². The zero-order valence-electron chi connectivity index (χ0n) is 22.3. The number of hydrogen-bond donors (Lipinski definition) is 1. The first-order valence-corrected chi connectivity index (χ1v) is 13.7. The van der Waals surface area contributed by atoms with Crippen LogP contribution in [0.2, 0.25) is 0 Å². The minimum Gasteiger partial charge on any atom is -0.508 e. The number of rotatable bonds is 8. The number of fused-ring (bicyclic) bond motifs is 6. The maximum atomic E-state index is 13.2. The van der Waals surface area contributed by atoms with Crippen molar-refractivity contribution in [2.45, 2.75) is 58.2 Å². The van der Waals surface area contributed by atoms with E-state index in [2.05, 4.69) is 13.0 Å². The van der Waals surface area contributed by atoms with Crippen LogP contribution in [0.25, 0.3) is 0 Å². The molecule has 6 rings (SSSR count). The van der Waals surface area contributed by atoms with E-state index in [1.54, 1.807) is 12.1 Å². The SMILES string of the molecule is CCCCCCc1cc2c(cc1OCc1ccccc1)Oc1cc(O)c(C)cc1C21OC(=O)c2ccccc21. The maximum absolute atomic E-state index is 13.2. The molecule has 0 radical (unpaired) electrons. The molecular formula is C34H32O5. The summed E-state index contributed by atoms with van der Waals surface area (Å²) >= 11 is 0. The van der Waals surface area contributed by atoms with Crippen molar-refractivity contribution in [2.24, 2.45) is 0 Å². The summed E-state index contributed by atoms with van der Waals surface area (Å²) in [6.45, 7) is 4.47. The highest BCUT2D eigenvalue weighted by Gasteiger charge is 2.54. The monoisotopic (exact) mass is 520 g/mol. The van der Waals surface area contributed by atoms with Gasteiger partial charge in [0.05, 0.1) is 5.56 Å². The highest BCUT2D eigenvalue weighted by molar-refractivity contribution is 5.97. The van der Waals surface area contributed by atoms with Gasteiger partial charge in [-0.2, -0.15) is 0 Å². The molecule has 5 heteroatoms. The van der Waals surface area contributed by atoms with Crippen LogP contribution in [0.15, 0.2) is 78.9 Å². The molecule has 4 aromatic carbocycles. The summed E-state index contributed by atoms with van der Waals surface area (Å²) < 4.78 is 19.1. The summed E-state index contributed by atoms with van der Waals surface area (Å²) in [5, 5.41) is 10.5. The Kier molecular flexibility index (Phi) is 6.51. The summed E-state index contributed by atoms with van der Waals surface area (Å²) in [5.41, 5.74) is 4.44. The van der Waals surface area contributed by atoms with Crippen LogP contribution in [0.1, 0.15) is 76.3 Å². The van der Waals surface area contributed by atoms with E-state index in [1.165, 1.54) is 6.42 Å². The maximum Gasteiger partial charge on any atom is 0.340 e. The van der Waals surface area contributed by atoms with E-state index in [1.807, 2.05) is 67.6 Å². The van der Waals surface area contributed by atoms with Crippen LogP contribution < -0.4 is 9.47 Å². The standard InChI is InChI=1S/C34H32O5/c1-3-4-5-9-14-24-18-28-32(20-30(24)37-21-23-12-7-6-8-13-23)38-31-19-29(35)22(2)17-27(31)34(28)26-16-11-10-15-25(26)33(36)39-34/h6-8,10-13,15-20,35H,3-5,9,14,21H2,1-2H3. The van der Waals surface area contributed by atoms with Crippen molar-refractivity contribution in [1.82, 2.24) is 0 Å². The Morgan fingerprint density at radius 1 is 0.846 bits per heavy atom. The van der Waals surface area contributed by atoms with E-state index < -0.39 is 5.60 Å². The molecule has 1 spiro atoms. The number of unbranched alkanes of at least 4 members (excludes halogenated alkanes) is 3. The van der Waals surface area contributed by atoms with Gasteiger partial charge in [0.2, 0.25) is 0 Å². The smallest absolute Gasteiger partial charge is 0.340 e. The number of aryl methyl sites for hydroxylation is 2. The average Bonchev–Trinajstić information content (AvgIpc) is 3.25. The lowest BCUT2D eigenvalue weighted by Gasteiger charge is -2.37. The van der Waals surface area contributed by atoms with E-state index in [9.17, 15) is 9.90 Å². The molecule has 0 bridgehead atoms. The van der Waals surface area contributed by atoms with Gasteiger partial charge in [0.25, 0.3) is 0 Å². The molecule has 1 atom stereocenters. The Labute approximate surface area is 229 Å². The highest BCUT2D eigenvalue weighted by Crippen LogP contribution is 2.58. The Hall–Kier alpha value is -4.25. The Morgan fingerprint density at radius 2 is 1.59 bits per heavy atom. The number of phenolic OH excluding ortho intramolecular Hbond substituents is 1. The molecular weight excluding hydrogens is 488 g/mol. The van der Waals surface area contributed by atoms with Crippen molar-refractivity contribution in [3.05, 3.63) is 118 Å². The van der Waals surface area contributed by atoms with Crippen molar-refractivity contribution in [2.75, 3.05) is 0 Å². The molecule has 2 aliphatic rings. The van der Waals surface area contributed by atoms with Gasteiger partial charge in [0.15, 0.2) is 5.60 Å². The normalized spacial score (nSPS) is 16.7. The number of benzene rings is 4. The Balaban J connectivity index is 1.52. The largest absolute Gasteiger partial charge is 0.508 e. The van der Waals surface area contributed by atoms with Gasteiger partial charge in [-0.05, 0) is 54.7 Å². The molecule has 0 amide bonds. The lowest BCUT2D eigenvalue weighted by molar-refractivity contribution is 0.0223. The van der Waals surface area contributed by atoms with Crippen LogP contribution in [-0.2, 0) is 23.4 Å². The van der Waals surface area contributed by atoms with Gasteiger partial charge in [0.1, 0.15) is 29.6 Å². The fourth-order valence-electron chi connectivity index (χ4n) is 5.69. The van der Waals surface area contributed by atoms with Crippen LogP contribution >= 0.6 is 0 Å². The van der Waals surface area contributed by atoms with Crippen molar-refractivity contribution in [1.29, 1.82) is 0 Å². The molecule has 5 nitrogen and oxygen atoms in total. The van der Waals surface area contributed by atoms with Gasteiger partial charge in [-0.25, -0.2) is 4.79 Å². The zero-order chi connectivity index (χ0) is 27.0. The lowest BCUT2D eigenvalue weighted by Crippen LogP contribution is -2.33. The first kappa shape index (κ1) is 25.1. The van der Waals surface area contributed by atoms with E-state index in [4.69, 9.17) is 14.2 Å². The fourth-order valence-corrected chi connectivity index (χ4v) is 5.69. The van der Waals surface area contributed by atoms with Crippen LogP contribution in [0.3, 0.4) is 0 Å². The molecule has 4 aromatic rings. The molecule has 198 valence electrons. The fraction of sp³-hybridized carbons (Fsp3) is 0.265. The zero-order valence-corrected chi connectivity index (χ0v) is 22.3. The number of hydrogen-bond acceptors (Lipinski definition) is 5. The molecule has 2 heterocycles. The van der Waals surface area contributed by atoms with Gasteiger partial charge in [-0.15, -0.1) is 0 Å². The predicted octanol–water partition coefficient (Wildman–Crippen LogP) is 7.97. The first-order chi connectivity index (χ1) is 19.0. The third-order valence-corrected chi connectivity index (χ3v) is 7.75. The summed E-state index contributed by atoms with van der Waals surface area (Å²) in [5.74, 6) is 1.51. The summed E-state index contributed by atoms with van der Waals surface area (Å²) in [4.78, 5) is 13.2. The Bertz CT molecular complexity index is 1540. The number of carbonyl (C=O) groups is 1. The predicted molar refractivity (Wildman–Crippen MR) is 150 cm³/mol. The number of aromatic hydroxyl groups is 1. The Morgan fingerprint density at radius 3 is 2.41 bits per heavy atom. The van der Waals surface area contributed by atoms with Crippen molar-refractivity contribution < 1.29 is 24.1 Å². The summed E-state index contributed by atoms with van der Waals surface area (Å²) in [7, 11) is 0. The third kappa shape index (κ3) is 4.32. The van der Waals surface area contributed by atoms with Crippen molar-refractivity contribution >= 4 is 5.97 Å². The molecule has 0 aliphatic carbocycles. The minimum atomic E-state index is -1.18. The molecule has 0 aromatic heterocycles. The highest BCUT2D eigenvalue weighted by atomic mass is 16.6. The molecule has 0 saturated carbocycles. The second kappa shape index (κ2) is 10.1. The van der Waals surface area contributed by atoms with Crippen LogP contribution in [0.5, 0.6) is 23.0 Å². The van der Waals surface area contributed by atoms with Gasteiger partial charge in [0, 0.05) is 28.8 Å². The molecule has 0 fully saturated rings. The molecule has 2 aliphatic heterocycles. The lowest BCUT2D eigenvalue weighted by atomic mass is 9.76. The number of carbonyl (C=O) groups excluding carboxylic acids is 1.